The van der Waals surface area contributed by atoms with Crippen LogP contribution in [-0.2, 0) is 4.74 Å². The number of rotatable bonds is 12. The maximum absolute atomic E-state index is 9.54. The second-order valence-electron chi connectivity index (χ2n) is 5.43. The molecule has 0 amide bonds. The van der Waals surface area contributed by atoms with Gasteiger partial charge in [0, 0.05) is 25.2 Å². The lowest BCUT2D eigenvalue weighted by Gasteiger charge is -2.33. The fraction of sp³-hybridized carbons (Fsp3) is 1.00. The molecule has 0 aliphatic heterocycles. The molecule has 116 valence electrons. The fourth-order valence-corrected chi connectivity index (χ4v) is 2.39. The van der Waals surface area contributed by atoms with E-state index < -0.39 is 0 Å². The molecule has 2 N–H and O–H groups in total. The third-order valence-electron chi connectivity index (χ3n) is 4.41. The van der Waals surface area contributed by atoms with E-state index in [4.69, 9.17) is 4.74 Å². The number of aliphatic hydroxyl groups excluding tert-OH is 1. The molecule has 0 aromatic rings. The van der Waals surface area contributed by atoms with Crippen molar-refractivity contribution in [3.63, 3.8) is 0 Å². The van der Waals surface area contributed by atoms with Crippen LogP contribution >= 0.6 is 0 Å². The van der Waals surface area contributed by atoms with E-state index in [1.54, 1.807) is 7.11 Å². The molecule has 0 spiro atoms. The summed E-state index contributed by atoms with van der Waals surface area (Å²) in [5.41, 5.74) is -0.109. The monoisotopic (exact) mass is 274 g/mol. The van der Waals surface area contributed by atoms with Crippen LogP contribution in [0.25, 0.3) is 0 Å². The predicted molar refractivity (Wildman–Crippen MR) is 81.6 cm³/mol. The number of methoxy groups -OCH3 is 1. The molecule has 19 heavy (non-hydrogen) atoms. The first kappa shape index (κ1) is 18.8. The minimum absolute atomic E-state index is 0.109. The molecule has 0 aliphatic rings. The highest BCUT2D eigenvalue weighted by atomic mass is 16.5. The standard InChI is InChI=1S/C15H34N2O2/c1-6-14(3)17(11-12-19-5)10-8-9-15(7-2,13-18)16-4/h14,16,18H,6-13H2,1-5H3. The third kappa shape index (κ3) is 6.70. The van der Waals surface area contributed by atoms with Crippen LogP contribution in [0, 0.1) is 0 Å². The van der Waals surface area contributed by atoms with Crippen molar-refractivity contribution in [2.45, 2.75) is 58.0 Å². The van der Waals surface area contributed by atoms with Crippen molar-refractivity contribution >= 4 is 0 Å². The molecule has 0 saturated carbocycles. The summed E-state index contributed by atoms with van der Waals surface area (Å²) in [6.45, 7) is 9.68. The molecule has 0 fully saturated rings. The summed E-state index contributed by atoms with van der Waals surface area (Å²) in [5.74, 6) is 0. The largest absolute Gasteiger partial charge is 0.394 e. The van der Waals surface area contributed by atoms with Crippen molar-refractivity contribution < 1.29 is 9.84 Å². The summed E-state index contributed by atoms with van der Waals surface area (Å²) >= 11 is 0. The summed E-state index contributed by atoms with van der Waals surface area (Å²) in [5, 5.41) is 12.8. The zero-order valence-corrected chi connectivity index (χ0v) is 13.5. The Hall–Kier alpha value is -0.160. The summed E-state index contributed by atoms with van der Waals surface area (Å²) in [4.78, 5) is 2.48. The summed E-state index contributed by atoms with van der Waals surface area (Å²) in [7, 11) is 3.70. The lowest BCUT2D eigenvalue weighted by molar-refractivity contribution is 0.111. The van der Waals surface area contributed by atoms with Gasteiger partial charge in [-0.15, -0.1) is 0 Å². The maximum atomic E-state index is 9.54. The minimum atomic E-state index is -0.109. The first-order valence-electron chi connectivity index (χ1n) is 7.61. The molecule has 0 aliphatic carbocycles. The van der Waals surface area contributed by atoms with Crippen molar-refractivity contribution in [3.05, 3.63) is 0 Å². The molecule has 4 heteroatoms. The molecule has 2 unspecified atom stereocenters. The van der Waals surface area contributed by atoms with E-state index in [0.717, 1.165) is 45.4 Å². The van der Waals surface area contributed by atoms with Crippen molar-refractivity contribution in [3.8, 4) is 0 Å². The van der Waals surface area contributed by atoms with Crippen molar-refractivity contribution in [1.29, 1.82) is 0 Å². The SMILES string of the molecule is CCC(C)N(CCCC(CC)(CO)NC)CCOC. The van der Waals surface area contributed by atoms with Crippen LogP contribution in [0.2, 0.25) is 0 Å². The van der Waals surface area contributed by atoms with E-state index >= 15 is 0 Å². The molecular formula is C15H34N2O2. The van der Waals surface area contributed by atoms with Gasteiger partial charge < -0.3 is 15.2 Å². The smallest absolute Gasteiger partial charge is 0.0613 e. The number of nitrogens with zero attached hydrogens (tertiary/aromatic N) is 1. The molecule has 0 rings (SSSR count). The van der Waals surface area contributed by atoms with Crippen LogP contribution in [0.1, 0.15) is 46.5 Å². The molecule has 2 atom stereocenters. The highest BCUT2D eigenvalue weighted by Gasteiger charge is 2.24. The Morgan fingerprint density at radius 3 is 2.42 bits per heavy atom. The summed E-state index contributed by atoms with van der Waals surface area (Å²) < 4.78 is 5.18. The number of nitrogens with one attached hydrogen (secondary N) is 1. The molecular weight excluding hydrogens is 240 g/mol. The molecule has 0 bridgehead atoms. The Balaban J connectivity index is 4.23. The van der Waals surface area contributed by atoms with Gasteiger partial charge in [0.2, 0.25) is 0 Å². The van der Waals surface area contributed by atoms with Crippen molar-refractivity contribution in [2.75, 3.05) is 40.5 Å². The predicted octanol–water partition coefficient (Wildman–Crippen LogP) is 1.87. The lowest BCUT2D eigenvalue weighted by atomic mass is 9.91. The molecule has 0 heterocycles. The van der Waals surface area contributed by atoms with E-state index in [0.29, 0.717) is 6.04 Å². The Bertz CT molecular complexity index is 200. The van der Waals surface area contributed by atoms with Gasteiger partial charge in [0.1, 0.15) is 0 Å². The molecule has 0 aromatic heterocycles. The Morgan fingerprint density at radius 1 is 1.32 bits per heavy atom. The second kappa shape index (κ2) is 10.6. The molecule has 0 radical (unpaired) electrons. The zero-order chi connectivity index (χ0) is 14.7. The van der Waals surface area contributed by atoms with Crippen LogP contribution in [0.4, 0.5) is 0 Å². The maximum Gasteiger partial charge on any atom is 0.0613 e. The quantitative estimate of drug-likeness (QED) is 0.570. The molecule has 0 aromatic carbocycles. The van der Waals surface area contributed by atoms with Gasteiger partial charge in [0.15, 0.2) is 0 Å². The Morgan fingerprint density at radius 2 is 2.00 bits per heavy atom. The Kier molecular flexibility index (Phi) is 10.5. The van der Waals surface area contributed by atoms with Crippen LogP contribution in [0.15, 0.2) is 0 Å². The summed E-state index contributed by atoms with van der Waals surface area (Å²) in [6, 6.07) is 0.592. The average Bonchev–Trinajstić information content (AvgIpc) is 2.46. The first-order valence-corrected chi connectivity index (χ1v) is 7.61. The van der Waals surface area contributed by atoms with Gasteiger partial charge in [-0.2, -0.15) is 0 Å². The van der Waals surface area contributed by atoms with Gasteiger partial charge in [-0.25, -0.2) is 0 Å². The van der Waals surface area contributed by atoms with Crippen molar-refractivity contribution in [1.82, 2.24) is 10.2 Å². The van der Waals surface area contributed by atoms with Gasteiger partial charge in [0.25, 0.3) is 0 Å². The van der Waals surface area contributed by atoms with Crippen LogP contribution in [-0.4, -0.2) is 62.0 Å². The lowest BCUT2D eigenvalue weighted by Crippen LogP contribution is -2.46. The number of hydrogen-bond acceptors (Lipinski definition) is 4. The highest BCUT2D eigenvalue weighted by molar-refractivity contribution is 4.85. The molecule has 0 saturated heterocycles. The van der Waals surface area contributed by atoms with Gasteiger partial charge >= 0.3 is 0 Å². The average molecular weight is 274 g/mol. The minimum Gasteiger partial charge on any atom is -0.394 e. The normalized spacial score (nSPS) is 16.6. The number of likely N-dealkylation sites (N-methyl/N-ethyl adjacent to an activating group) is 1. The van der Waals surface area contributed by atoms with Gasteiger partial charge in [-0.1, -0.05) is 13.8 Å². The molecule has 4 nitrogen and oxygen atoms in total. The van der Waals surface area contributed by atoms with Crippen LogP contribution < -0.4 is 5.32 Å². The van der Waals surface area contributed by atoms with Crippen molar-refractivity contribution in [2.24, 2.45) is 0 Å². The van der Waals surface area contributed by atoms with E-state index in [2.05, 4.69) is 31.0 Å². The number of aliphatic hydroxyl groups is 1. The second-order valence-corrected chi connectivity index (χ2v) is 5.43. The first-order chi connectivity index (χ1) is 9.09. The van der Waals surface area contributed by atoms with Gasteiger partial charge in [0.05, 0.1) is 13.2 Å². The Labute approximate surface area is 119 Å². The zero-order valence-electron chi connectivity index (χ0n) is 13.5. The van der Waals surface area contributed by atoms with Gasteiger partial charge in [-0.3, -0.25) is 4.90 Å². The number of ether oxygens (including phenoxy) is 1. The summed E-state index contributed by atoms with van der Waals surface area (Å²) in [6.07, 6.45) is 4.23. The van der Waals surface area contributed by atoms with E-state index in [9.17, 15) is 5.11 Å². The number of hydrogen-bond donors (Lipinski definition) is 2. The highest BCUT2D eigenvalue weighted by Crippen LogP contribution is 2.17. The van der Waals surface area contributed by atoms with Crippen LogP contribution in [0.5, 0.6) is 0 Å². The van der Waals surface area contributed by atoms with E-state index in [1.165, 1.54) is 0 Å². The topological polar surface area (TPSA) is 44.7 Å². The fourth-order valence-electron chi connectivity index (χ4n) is 2.39. The van der Waals surface area contributed by atoms with E-state index in [-0.39, 0.29) is 12.1 Å². The van der Waals surface area contributed by atoms with Crippen LogP contribution in [0.3, 0.4) is 0 Å². The van der Waals surface area contributed by atoms with Gasteiger partial charge in [-0.05, 0) is 46.2 Å². The third-order valence-corrected chi connectivity index (χ3v) is 4.41. The van der Waals surface area contributed by atoms with E-state index in [1.807, 2.05) is 7.05 Å².